The molecule has 1 atom stereocenters. The highest BCUT2D eigenvalue weighted by Crippen LogP contribution is 2.25. The van der Waals surface area contributed by atoms with Crippen LogP contribution in [0.3, 0.4) is 0 Å². The Labute approximate surface area is 123 Å². The van der Waals surface area contributed by atoms with Gasteiger partial charge in [0, 0.05) is 12.0 Å². The average molecular weight is 288 g/mol. The zero-order chi connectivity index (χ0) is 15.4. The first-order chi connectivity index (χ1) is 9.97. The molecule has 0 bridgehead atoms. The van der Waals surface area contributed by atoms with Crippen molar-refractivity contribution in [3.8, 4) is 0 Å². The molecule has 4 heteroatoms. The van der Waals surface area contributed by atoms with E-state index in [0.717, 1.165) is 17.2 Å². The van der Waals surface area contributed by atoms with E-state index in [1.165, 1.54) is 12.1 Å². The summed E-state index contributed by atoms with van der Waals surface area (Å²) in [6.07, 6.45) is 1.01. The molecule has 1 unspecified atom stereocenters. The Morgan fingerprint density at radius 2 is 1.76 bits per heavy atom. The minimum Gasteiger partial charge on any atom is -0.387 e. The Morgan fingerprint density at radius 1 is 1.14 bits per heavy atom. The van der Waals surface area contributed by atoms with Crippen molar-refractivity contribution < 1.29 is 8.78 Å². The van der Waals surface area contributed by atoms with Crippen LogP contribution in [0.4, 0.5) is 8.78 Å². The van der Waals surface area contributed by atoms with E-state index in [1.54, 1.807) is 0 Å². The van der Waals surface area contributed by atoms with Crippen molar-refractivity contribution in [1.82, 2.24) is 0 Å². The van der Waals surface area contributed by atoms with Crippen molar-refractivity contribution in [3.05, 3.63) is 70.8 Å². The number of nitrogens with two attached hydrogens (primary N) is 1. The summed E-state index contributed by atoms with van der Waals surface area (Å²) in [5.74, 6) is -1.33. The standard InChI is InChI=1S/C17H18F2N2/c1-11-4-2-3-5-15(11)16(17(20)21)7-6-12-8-13(18)10-14(19)9-12/h2-5,8-10,16H,6-7H2,1H3,(H3,20,21). The summed E-state index contributed by atoms with van der Waals surface area (Å²) in [5.41, 5.74) is 8.32. The molecule has 0 aliphatic heterocycles. The molecule has 0 aliphatic carbocycles. The molecule has 21 heavy (non-hydrogen) atoms. The van der Waals surface area contributed by atoms with Crippen LogP contribution >= 0.6 is 0 Å². The third-order valence-electron chi connectivity index (χ3n) is 3.58. The van der Waals surface area contributed by atoms with E-state index in [9.17, 15) is 8.78 Å². The number of rotatable bonds is 5. The lowest BCUT2D eigenvalue weighted by Crippen LogP contribution is -2.22. The van der Waals surface area contributed by atoms with Crippen LogP contribution < -0.4 is 5.73 Å². The largest absolute Gasteiger partial charge is 0.387 e. The second-order valence-electron chi connectivity index (χ2n) is 5.18. The Kier molecular flexibility index (Phi) is 4.68. The number of amidine groups is 1. The summed E-state index contributed by atoms with van der Waals surface area (Å²) in [5, 5.41) is 7.77. The number of aryl methyl sites for hydroxylation is 2. The molecule has 2 aromatic rings. The van der Waals surface area contributed by atoms with Gasteiger partial charge in [-0.25, -0.2) is 8.78 Å². The first-order valence-corrected chi connectivity index (χ1v) is 6.82. The maximum Gasteiger partial charge on any atom is 0.126 e. The third-order valence-corrected chi connectivity index (χ3v) is 3.58. The van der Waals surface area contributed by atoms with E-state index in [0.29, 0.717) is 18.4 Å². The monoisotopic (exact) mass is 288 g/mol. The van der Waals surface area contributed by atoms with E-state index in [-0.39, 0.29) is 11.8 Å². The Morgan fingerprint density at radius 3 is 2.33 bits per heavy atom. The van der Waals surface area contributed by atoms with Crippen LogP contribution in [-0.2, 0) is 6.42 Å². The van der Waals surface area contributed by atoms with Crippen molar-refractivity contribution >= 4 is 5.84 Å². The summed E-state index contributed by atoms with van der Waals surface area (Å²) in [4.78, 5) is 0. The van der Waals surface area contributed by atoms with Gasteiger partial charge in [0.2, 0.25) is 0 Å². The highest BCUT2D eigenvalue weighted by Gasteiger charge is 2.17. The van der Waals surface area contributed by atoms with Crippen molar-refractivity contribution in [3.63, 3.8) is 0 Å². The molecule has 0 aromatic heterocycles. The average Bonchev–Trinajstić information content (AvgIpc) is 2.39. The van der Waals surface area contributed by atoms with Crippen molar-refractivity contribution in [1.29, 1.82) is 5.41 Å². The highest BCUT2D eigenvalue weighted by molar-refractivity contribution is 5.84. The zero-order valence-corrected chi connectivity index (χ0v) is 11.9. The first kappa shape index (κ1) is 15.2. The van der Waals surface area contributed by atoms with Crippen molar-refractivity contribution in [2.24, 2.45) is 5.73 Å². The molecule has 0 radical (unpaired) electrons. The van der Waals surface area contributed by atoms with Gasteiger partial charge in [0.15, 0.2) is 0 Å². The van der Waals surface area contributed by atoms with Gasteiger partial charge in [0.1, 0.15) is 11.6 Å². The van der Waals surface area contributed by atoms with E-state index < -0.39 is 11.6 Å². The molecule has 110 valence electrons. The first-order valence-electron chi connectivity index (χ1n) is 6.82. The number of benzene rings is 2. The molecule has 2 rings (SSSR count). The maximum atomic E-state index is 13.2. The SMILES string of the molecule is Cc1ccccc1C(CCc1cc(F)cc(F)c1)C(=N)N. The van der Waals surface area contributed by atoms with Gasteiger partial charge >= 0.3 is 0 Å². The number of halogens is 2. The molecule has 0 saturated heterocycles. The molecule has 3 N–H and O–H groups in total. The van der Waals surface area contributed by atoms with Gasteiger partial charge in [0.25, 0.3) is 0 Å². The molecular weight excluding hydrogens is 270 g/mol. The molecule has 2 nitrogen and oxygen atoms in total. The minimum absolute atomic E-state index is 0.0705. The second-order valence-corrected chi connectivity index (χ2v) is 5.18. The highest BCUT2D eigenvalue weighted by atomic mass is 19.1. The fourth-order valence-electron chi connectivity index (χ4n) is 2.52. The van der Waals surface area contributed by atoms with E-state index in [1.807, 2.05) is 31.2 Å². The van der Waals surface area contributed by atoms with Crippen LogP contribution in [-0.4, -0.2) is 5.84 Å². The van der Waals surface area contributed by atoms with Gasteiger partial charge in [-0.05, 0) is 48.6 Å². The molecule has 0 spiro atoms. The van der Waals surface area contributed by atoms with Gasteiger partial charge in [-0.15, -0.1) is 0 Å². The number of nitrogens with one attached hydrogen (secondary N) is 1. The molecule has 0 saturated carbocycles. The van der Waals surface area contributed by atoms with Gasteiger partial charge in [-0.3, -0.25) is 5.41 Å². The molecule has 0 amide bonds. The van der Waals surface area contributed by atoms with Gasteiger partial charge in [0.05, 0.1) is 5.84 Å². The molecule has 0 aliphatic rings. The van der Waals surface area contributed by atoms with Gasteiger partial charge in [-0.1, -0.05) is 24.3 Å². The van der Waals surface area contributed by atoms with E-state index >= 15 is 0 Å². The van der Waals surface area contributed by atoms with Crippen molar-refractivity contribution in [2.45, 2.75) is 25.7 Å². The summed E-state index contributed by atoms with van der Waals surface area (Å²) in [7, 11) is 0. The summed E-state index contributed by atoms with van der Waals surface area (Å²) in [6, 6.07) is 11.2. The Bertz CT molecular complexity index is 633. The predicted molar refractivity (Wildman–Crippen MR) is 80.5 cm³/mol. The van der Waals surface area contributed by atoms with Crippen LogP contribution in [0, 0.1) is 24.0 Å². The molecule has 2 aromatic carbocycles. The number of hydrogen-bond acceptors (Lipinski definition) is 1. The minimum atomic E-state index is -0.583. The zero-order valence-electron chi connectivity index (χ0n) is 11.9. The third kappa shape index (κ3) is 3.88. The number of hydrogen-bond donors (Lipinski definition) is 2. The normalized spacial score (nSPS) is 12.1. The molecule has 0 fully saturated rings. The van der Waals surface area contributed by atoms with Crippen LogP contribution in [0.1, 0.15) is 29.0 Å². The van der Waals surface area contributed by atoms with Crippen LogP contribution in [0.15, 0.2) is 42.5 Å². The van der Waals surface area contributed by atoms with Crippen molar-refractivity contribution in [2.75, 3.05) is 0 Å². The van der Waals surface area contributed by atoms with Gasteiger partial charge < -0.3 is 5.73 Å². The lowest BCUT2D eigenvalue weighted by atomic mass is 9.88. The lowest BCUT2D eigenvalue weighted by Gasteiger charge is -2.18. The lowest BCUT2D eigenvalue weighted by molar-refractivity contribution is 0.578. The second kappa shape index (κ2) is 6.48. The summed E-state index contributed by atoms with van der Waals surface area (Å²) in [6.45, 7) is 1.97. The summed E-state index contributed by atoms with van der Waals surface area (Å²) < 4.78 is 26.4. The van der Waals surface area contributed by atoms with E-state index in [2.05, 4.69) is 0 Å². The fraction of sp³-hybridized carbons (Fsp3) is 0.235. The Hall–Kier alpha value is -2.23. The van der Waals surface area contributed by atoms with Crippen LogP contribution in [0.2, 0.25) is 0 Å². The predicted octanol–water partition coefficient (Wildman–Crippen LogP) is 3.93. The smallest absolute Gasteiger partial charge is 0.126 e. The Balaban J connectivity index is 2.18. The summed E-state index contributed by atoms with van der Waals surface area (Å²) >= 11 is 0. The fourth-order valence-corrected chi connectivity index (χ4v) is 2.52. The topological polar surface area (TPSA) is 49.9 Å². The van der Waals surface area contributed by atoms with E-state index in [4.69, 9.17) is 11.1 Å². The van der Waals surface area contributed by atoms with Gasteiger partial charge in [-0.2, -0.15) is 0 Å². The van der Waals surface area contributed by atoms with Crippen LogP contribution in [0.5, 0.6) is 0 Å². The maximum absolute atomic E-state index is 13.2. The van der Waals surface area contributed by atoms with Crippen LogP contribution in [0.25, 0.3) is 0 Å². The molecule has 0 heterocycles. The quantitative estimate of drug-likeness (QED) is 0.635. The molecular formula is C17H18F2N2.